The van der Waals surface area contributed by atoms with Crippen molar-refractivity contribution in [2.24, 2.45) is 0 Å². The highest BCUT2D eigenvalue weighted by Gasteiger charge is 2.43. The first kappa shape index (κ1) is 27.6. The molecule has 3 aliphatic rings. The standard InChI is InChI=1S/C34H48P2Si/c1-27(35(28-17-9-5-10-18-28)29-19-11-6-12-20-29)34-32(25-26-33(34)37(2,3)4)36(30-21-13-7-14-22-30)31-23-15-8-16-24-31/h7-8,13-16,21-29,33H,5-6,9-12,17-20H2,1-4H3/t27-,33-/m1/s1. The molecule has 2 atom stereocenters. The summed E-state index contributed by atoms with van der Waals surface area (Å²) in [6.07, 6.45) is 20.2. The molecule has 2 aromatic rings. The first-order chi connectivity index (χ1) is 17.9. The minimum Gasteiger partial charge on any atom is -0.0932 e. The van der Waals surface area contributed by atoms with Gasteiger partial charge >= 0.3 is 0 Å². The van der Waals surface area contributed by atoms with Crippen molar-refractivity contribution in [1.82, 2.24) is 0 Å². The lowest BCUT2D eigenvalue weighted by Gasteiger charge is -2.45. The quantitative estimate of drug-likeness (QED) is 0.228. The Morgan fingerprint density at radius 3 is 1.57 bits per heavy atom. The Bertz CT molecular complexity index is 998. The van der Waals surface area contributed by atoms with Crippen LogP contribution in [0.25, 0.3) is 0 Å². The number of benzene rings is 2. The van der Waals surface area contributed by atoms with Crippen LogP contribution in [0.2, 0.25) is 25.2 Å². The fraction of sp³-hybridized carbons (Fsp3) is 0.529. The Hall–Kier alpha value is -1.00. The molecule has 0 unspecified atom stereocenters. The second-order valence-corrected chi connectivity index (χ2v) is 23.4. The first-order valence-electron chi connectivity index (χ1n) is 15.0. The topological polar surface area (TPSA) is 0 Å². The van der Waals surface area contributed by atoms with Gasteiger partial charge in [0.05, 0.1) is 8.07 Å². The molecule has 2 fully saturated rings. The SMILES string of the molecule is C[C@H](C1=C(P(c2ccccc2)c2ccccc2)C=C[C@H]1[Si](C)(C)C)P(C1CCCCC1)C1CCCCC1. The van der Waals surface area contributed by atoms with Crippen LogP contribution in [0, 0.1) is 0 Å². The van der Waals surface area contributed by atoms with Gasteiger partial charge in [0.15, 0.2) is 0 Å². The second-order valence-electron chi connectivity index (χ2n) is 12.8. The first-order valence-corrected chi connectivity index (χ1v) is 21.5. The normalized spacial score (nSPS) is 22.8. The van der Waals surface area contributed by atoms with Crippen molar-refractivity contribution in [1.29, 1.82) is 0 Å². The van der Waals surface area contributed by atoms with Crippen LogP contribution in [-0.2, 0) is 0 Å². The zero-order valence-corrected chi connectivity index (χ0v) is 26.5. The Balaban J connectivity index is 1.64. The molecule has 37 heavy (non-hydrogen) atoms. The van der Waals surface area contributed by atoms with Gasteiger partial charge in [0.25, 0.3) is 0 Å². The number of rotatable bonds is 8. The number of allylic oxidation sites excluding steroid dienone is 4. The predicted molar refractivity (Wildman–Crippen MR) is 172 cm³/mol. The van der Waals surface area contributed by atoms with Crippen LogP contribution in [-0.4, -0.2) is 25.1 Å². The summed E-state index contributed by atoms with van der Waals surface area (Å²) in [4.78, 5) is 0. The van der Waals surface area contributed by atoms with Crippen molar-refractivity contribution >= 4 is 34.5 Å². The third-order valence-corrected chi connectivity index (χ3v) is 17.9. The molecule has 2 aromatic carbocycles. The minimum absolute atomic E-state index is 0.00252. The average molecular weight is 547 g/mol. The van der Waals surface area contributed by atoms with Crippen LogP contribution in [0.4, 0.5) is 0 Å². The molecular formula is C34H48P2Si. The van der Waals surface area contributed by atoms with E-state index in [0.29, 0.717) is 5.54 Å². The molecule has 0 aromatic heterocycles. The summed E-state index contributed by atoms with van der Waals surface area (Å²) in [7, 11) is -1.94. The molecule has 0 nitrogen and oxygen atoms in total. The van der Waals surface area contributed by atoms with Gasteiger partial charge in [0.2, 0.25) is 0 Å². The highest BCUT2D eigenvalue weighted by molar-refractivity contribution is 7.77. The summed E-state index contributed by atoms with van der Waals surface area (Å²) in [5.41, 5.74) is 5.32. The van der Waals surface area contributed by atoms with Crippen LogP contribution in [0.15, 0.2) is 83.7 Å². The lowest BCUT2D eigenvalue weighted by Crippen LogP contribution is -2.33. The van der Waals surface area contributed by atoms with Crippen LogP contribution >= 0.6 is 15.8 Å². The van der Waals surface area contributed by atoms with E-state index in [0.717, 1.165) is 17.0 Å². The van der Waals surface area contributed by atoms with E-state index in [2.05, 4.69) is 99.4 Å². The molecule has 0 aliphatic heterocycles. The molecule has 0 N–H and O–H groups in total. The van der Waals surface area contributed by atoms with Gasteiger partial charge in [0, 0.05) is 0 Å². The van der Waals surface area contributed by atoms with Gasteiger partial charge in [-0.05, 0) is 72.0 Å². The summed E-state index contributed by atoms with van der Waals surface area (Å²) in [5, 5.41) is 4.75. The fourth-order valence-corrected chi connectivity index (χ4v) is 16.8. The van der Waals surface area contributed by atoms with Crippen LogP contribution < -0.4 is 10.6 Å². The minimum atomic E-state index is -1.41. The van der Waals surface area contributed by atoms with Crippen molar-refractivity contribution in [3.05, 3.63) is 83.7 Å². The van der Waals surface area contributed by atoms with E-state index in [-0.39, 0.29) is 7.92 Å². The van der Waals surface area contributed by atoms with Crippen molar-refractivity contribution in [2.75, 3.05) is 0 Å². The molecule has 0 saturated heterocycles. The molecule has 0 spiro atoms. The van der Waals surface area contributed by atoms with E-state index in [9.17, 15) is 0 Å². The van der Waals surface area contributed by atoms with Crippen molar-refractivity contribution < 1.29 is 0 Å². The zero-order chi connectivity index (χ0) is 25.8. The van der Waals surface area contributed by atoms with E-state index >= 15 is 0 Å². The number of hydrogen-bond donors (Lipinski definition) is 0. The highest BCUT2D eigenvalue weighted by atomic mass is 31.1. The van der Waals surface area contributed by atoms with Crippen LogP contribution in [0.1, 0.15) is 71.1 Å². The molecule has 0 amide bonds. The Kier molecular flexibility index (Phi) is 9.27. The Labute approximate surface area is 231 Å². The third-order valence-electron chi connectivity index (χ3n) is 9.17. The lowest BCUT2D eigenvalue weighted by molar-refractivity contribution is 0.482. The maximum atomic E-state index is 2.72. The van der Waals surface area contributed by atoms with E-state index in [1.54, 1.807) is 5.31 Å². The summed E-state index contributed by atoms with van der Waals surface area (Å²) < 4.78 is 0. The fourth-order valence-electron chi connectivity index (χ4n) is 7.41. The molecule has 2 saturated carbocycles. The van der Waals surface area contributed by atoms with Crippen molar-refractivity contribution in [2.45, 2.75) is 113 Å². The summed E-state index contributed by atoms with van der Waals surface area (Å²) in [6.45, 7) is 10.6. The van der Waals surface area contributed by atoms with Crippen molar-refractivity contribution in [3.8, 4) is 0 Å². The molecular weight excluding hydrogens is 498 g/mol. The van der Waals surface area contributed by atoms with Gasteiger partial charge < -0.3 is 0 Å². The van der Waals surface area contributed by atoms with E-state index in [4.69, 9.17) is 0 Å². The summed E-state index contributed by atoms with van der Waals surface area (Å²) in [6, 6.07) is 23.0. The monoisotopic (exact) mass is 546 g/mol. The van der Waals surface area contributed by atoms with E-state index < -0.39 is 16.0 Å². The molecule has 0 radical (unpaired) electrons. The second kappa shape index (κ2) is 12.5. The maximum Gasteiger partial charge on any atom is 0.0562 e. The average Bonchev–Trinajstić information content (AvgIpc) is 3.37. The molecule has 3 aliphatic carbocycles. The Morgan fingerprint density at radius 1 is 0.676 bits per heavy atom. The molecule has 0 bridgehead atoms. The van der Waals surface area contributed by atoms with Crippen LogP contribution in [0.5, 0.6) is 0 Å². The van der Waals surface area contributed by atoms with Gasteiger partial charge in [-0.25, -0.2) is 0 Å². The van der Waals surface area contributed by atoms with Gasteiger partial charge in [-0.2, -0.15) is 0 Å². The van der Waals surface area contributed by atoms with E-state index in [1.165, 1.54) is 74.8 Å². The predicted octanol–water partition coefficient (Wildman–Crippen LogP) is 10.2. The maximum absolute atomic E-state index is 2.72. The van der Waals surface area contributed by atoms with Gasteiger partial charge in [-0.3, -0.25) is 0 Å². The number of hydrogen-bond acceptors (Lipinski definition) is 0. The molecule has 3 heteroatoms. The third kappa shape index (κ3) is 6.26. The van der Waals surface area contributed by atoms with Crippen molar-refractivity contribution in [3.63, 3.8) is 0 Å². The molecule has 198 valence electrons. The van der Waals surface area contributed by atoms with Gasteiger partial charge in [-0.1, -0.05) is 151 Å². The summed E-state index contributed by atoms with van der Waals surface area (Å²) >= 11 is 0. The Morgan fingerprint density at radius 2 is 1.14 bits per heavy atom. The zero-order valence-electron chi connectivity index (χ0n) is 23.7. The summed E-state index contributed by atoms with van der Waals surface area (Å²) in [5.74, 6) is 0. The highest BCUT2D eigenvalue weighted by Crippen LogP contribution is 2.65. The lowest BCUT2D eigenvalue weighted by atomic mass is 9.99. The van der Waals surface area contributed by atoms with Crippen LogP contribution in [0.3, 0.4) is 0 Å². The van der Waals surface area contributed by atoms with Gasteiger partial charge in [-0.15, -0.1) is 0 Å². The molecule has 5 rings (SSSR count). The van der Waals surface area contributed by atoms with Gasteiger partial charge in [0.1, 0.15) is 0 Å². The van der Waals surface area contributed by atoms with E-state index in [1.807, 2.05) is 5.57 Å². The molecule has 0 heterocycles. The smallest absolute Gasteiger partial charge is 0.0562 e. The largest absolute Gasteiger partial charge is 0.0932 e.